The van der Waals surface area contributed by atoms with E-state index in [1.165, 1.54) is 7.11 Å². The maximum absolute atomic E-state index is 12.1. The molecule has 0 aromatic rings. The van der Waals surface area contributed by atoms with E-state index in [-0.39, 0.29) is 29.1 Å². The Bertz CT molecular complexity index is 427. The van der Waals surface area contributed by atoms with Crippen LogP contribution in [0.5, 0.6) is 0 Å². The molecule has 0 bridgehead atoms. The molecule has 1 fully saturated rings. The van der Waals surface area contributed by atoms with Crippen molar-refractivity contribution in [3.63, 3.8) is 0 Å². The van der Waals surface area contributed by atoms with Crippen molar-refractivity contribution in [2.24, 2.45) is 0 Å². The molecule has 5 nitrogen and oxygen atoms in total. The second kappa shape index (κ2) is 9.56. The van der Waals surface area contributed by atoms with Crippen molar-refractivity contribution in [3.05, 3.63) is 0 Å². The van der Waals surface area contributed by atoms with Gasteiger partial charge in [0.1, 0.15) is 6.10 Å². The molecule has 1 aliphatic heterocycles. The first-order chi connectivity index (χ1) is 11.6. The second-order valence-corrected chi connectivity index (χ2v) is 8.55. The number of hydrogen-bond acceptors (Lipinski definition) is 5. The van der Waals surface area contributed by atoms with Crippen molar-refractivity contribution >= 4 is 11.9 Å². The van der Waals surface area contributed by atoms with Crippen LogP contribution in [0.3, 0.4) is 0 Å². The van der Waals surface area contributed by atoms with Crippen molar-refractivity contribution in [1.29, 1.82) is 0 Å². The number of piperidine rings is 1. The minimum absolute atomic E-state index is 0.00811. The molecule has 1 heterocycles. The Morgan fingerprint density at radius 2 is 1.32 bits per heavy atom. The zero-order valence-corrected chi connectivity index (χ0v) is 17.0. The minimum Gasteiger partial charge on any atom is -0.469 e. The van der Waals surface area contributed by atoms with Gasteiger partial charge in [-0.3, -0.25) is 14.5 Å². The summed E-state index contributed by atoms with van der Waals surface area (Å²) in [7, 11) is 3.57. The Labute approximate surface area is 153 Å². The van der Waals surface area contributed by atoms with E-state index in [1.807, 2.05) is 0 Å². The number of hydrogen-bond donors (Lipinski definition) is 0. The summed E-state index contributed by atoms with van der Waals surface area (Å²) < 4.78 is 10.4. The highest BCUT2D eigenvalue weighted by atomic mass is 16.5. The van der Waals surface area contributed by atoms with Gasteiger partial charge in [-0.1, -0.05) is 19.3 Å². The summed E-state index contributed by atoms with van der Waals surface area (Å²) in [5, 5.41) is 0. The number of rotatable bonds is 9. The third kappa shape index (κ3) is 7.35. The van der Waals surface area contributed by atoms with Gasteiger partial charge in [-0.15, -0.1) is 0 Å². The average Bonchev–Trinajstić information content (AvgIpc) is 2.50. The lowest BCUT2D eigenvalue weighted by Gasteiger charge is -2.53. The molecule has 0 N–H and O–H groups in total. The summed E-state index contributed by atoms with van der Waals surface area (Å²) in [6.45, 7) is 8.85. The quantitative estimate of drug-likeness (QED) is 0.461. The highest BCUT2D eigenvalue weighted by Gasteiger charge is 2.44. The lowest BCUT2D eigenvalue weighted by molar-refractivity contribution is -0.159. The van der Waals surface area contributed by atoms with Crippen LogP contribution in [-0.2, 0) is 19.1 Å². The molecule has 1 saturated heterocycles. The van der Waals surface area contributed by atoms with Crippen LogP contribution >= 0.6 is 0 Å². The molecule has 0 unspecified atom stereocenters. The van der Waals surface area contributed by atoms with Gasteiger partial charge in [0.15, 0.2) is 0 Å². The number of carbonyl (C=O) groups is 2. The first-order valence-electron chi connectivity index (χ1n) is 9.59. The molecule has 25 heavy (non-hydrogen) atoms. The lowest BCUT2D eigenvalue weighted by Crippen LogP contribution is -2.60. The second-order valence-electron chi connectivity index (χ2n) is 8.55. The molecule has 0 atom stereocenters. The summed E-state index contributed by atoms with van der Waals surface area (Å²) in [6.07, 6.45) is 7.51. The average molecular weight is 356 g/mol. The first-order valence-corrected chi connectivity index (χ1v) is 9.59. The molecule has 0 amide bonds. The summed E-state index contributed by atoms with van der Waals surface area (Å²) in [4.78, 5) is 25.5. The molecular formula is C20H37NO4. The molecule has 146 valence electrons. The van der Waals surface area contributed by atoms with Crippen molar-refractivity contribution in [2.75, 3.05) is 14.2 Å². The fourth-order valence-corrected chi connectivity index (χ4v) is 3.78. The highest BCUT2D eigenvalue weighted by molar-refractivity contribution is 5.69. The molecule has 0 aliphatic carbocycles. The van der Waals surface area contributed by atoms with E-state index < -0.39 is 0 Å². The van der Waals surface area contributed by atoms with Gasteiger partial charge in [-0.25, -0.2) is 0 Å². The molecule has 0 aromatic heterocycles. The van der Waals surface area contributed by atoms with Gasteiger partial charge in [-0.05, 0) is 47.6 Å². The van der Waals surface area contributed by atoms with Crippen LogP contribution in [0.4, 0.5) is 0 Å². The standard InChI is InChI=1S/C20H37NO4/c1-19(2)14-16(15-20(3,4)21(19)5)25-18(23)13-11-9-7-8-10-12-17(22)24-6/h16H,7-15H2,1-6H3. The van der Waals surface area contributed by atoms with Gasteiger partial charge < -0.3 is 9.47 Å². The topological polar surface area (TPSA) is 55.8 Å². The van der Waals surface area contributed by atoms with E-state index in [9.17, 15) is 9.59 Å². The molecule has 0 aromatic carbocycles. The molecule has 0 spiro atoms. The van der Waals surface area contributed by atoms with Crippen LogP contribution in [0.25, 0.3) is 0 Å². The van der Waals surface area contributed by atoms with Crippen LogP contribution < -0.4 is 0 Å². The smallest absolute Gasteiger partial charge is 0.306 e. The molecule has 0 saturated carbocycles. The number of nitrogens with zero attached hydrogens (tertiary/aromatic N) is 1. The van der Waals surface area contributed by atoms with Gasteiger partial charge >= 0.3 is 11.9 Å². The lowest BCUT2D eigenvalue weighted by atomic mass is 9.79. The van der Waals surface area contributed by atoms with Gasteiger partial charge in [0.05, 0.1) is 7.11 Å². The number of likely N-dealkylation sites (tertiary alicyclic amines) is 1. The normalized spacial score (nSPS) is 20.2. The van der Waals surface area contributed by atoms with Crippen molar-refractivity contribution in [3.8, 4) is 0 Å². The Morgan fingerprint density at radius 3 is 1.80 bits per heavy atom. The van der Waals surface area contributed by atoms with Gasteiger partial charge in [0.2, 0.25) is 0 Å². The fourth-order valence-electron chi connectivity index (χ4n) is 3.78. The predicted molar refractivity (Wildman–Crippen MR) is 99.4 cm³/mol. The third-order valence-electron chi connectivity index (χ3n) is 5.56. The number of esters is 2. The van der Waals surface area contributed by atoms with Gasteiger partial charge in [0, 0.05) is 36.8 Å². The van der Waals surface area contributed by atoms with Crippen LogP contribution in [-0.4, -0.2) is 48.2 Å². The van der Waals surface area contributed by atoms with Crippen molar-refractivity contribution in [1.82, 2.24) is 4.90 Å². The Morgan fingerprint density at radius 1 is 0.880 bits per heavy atom. The molecule has 0 radical (unpaired) electrons. The predicted octanol–water partition coefficient (Wildman–Crippen LogP) is 4.08. The number of methoxy groups -OCH3 is 1. The zero-order valence-electron chi connectivity index (χ0n) is 17.0. The van der Waals surface area contributed by atoms with Gasteiger partial charge in [0.25, 0.3) is 0 Å². The summed E-state index contributed by atoms with van der Waals surface area (Å²) >= 11 is 0. The summed E-state index contributed by atoms with van der Waals surface area (Å²) in [5.41, 5.74) is 0.0681. The van der Waals surface area contributed by atoms with E-state index in [2.05, 4.69) is 44.4 Å². The minimum atomic E-state index is -0.146. The highest BCUT2D eigenvalue weighted by Crippen LogP contribution is 2.38. The maximum atomic E-state index is 12.1. The maximum Gasteiger partial charge on any atom is 0.306 e. The van der Waals surface area contributed by atoms with Crippen LogP contribution in [0.15, 0.2) is 0 Å². The van der Waals surface area contributed by atoms with Crippen LogP contribution in [0.2, 0.25) is 0 Å². The van der Waals surface area contributed by atoms with Gasteiger partial charge in [-0.2, -0.15) is 0 Å². The summed E-state index contributed by atoms with van der Waals surface area (Å²) in [5.74, 6) is -0.219. The number of ether oxygens (including phenoxy) is 2. The van der Waals surface area contributed by atoms with Crippen molar-refractivity contribution < 1.29 is 19.1 Å². The Kier molecular flexibility index (Phi) is 8.39. The van der Waals surface area contributed by atoms with Crippen molar-refractivity contribution in [2.45, 2.75) is 103 Å². The zero-order chi connectivity index (χ0) is 19.1. The molecular weight excluding hydrogens is 318 g/mol. The number of unbranched alkanes of at least 4 members (excludes halogenated alkanes) is 4. The Balaban J connectivity index is 2.21. The molecule has 1 rings (SSSR count). The van der Waals surface area contributed by atoms with E-state index in [0.717, 1.165) is 44.9 Å². The SMILES string of the molecule is COC(=O)CCCCCCCC(=O)OC1CC(C)(C)N(C)C(C)(C)C1. The van der Waals surface area contributed by atoms with E-state index in [0.29, 0.717) is 12.8 Å². The van der Waals surface area contributed by atoms with E-state index in [4.69, 9.17) is 4.74 Å². The molecule has 1 aliphatic rings. The molecule has 5 heteroatoms. The van der Waals surface area contributed by atoms with E-state index in [1.54, 1.807) is 0 Å². The fraction of sp³-hybridized carbons (Fsp3) is 0.900. The van der Waals surface area contributed by atoms with Crippen LogP contribution in [0.1, 0.15) is 85.5 Å². The largest absolute Gasteiger partial charge is 0.469 e. The Hall–Kier alpha value is -1.10. The van der Waals surface area contributed by atoms with E-state index >= 15 is 0 Å². The number of carbonyl (C=O) groups excluding carboxylic acids is 2. The third-order valence-corrected chi connectivity index (χ3v) is 5.56. The monoisotopic (exact) mass is 355 g/mol. The summed E-state index contributed by atoms with van der Waals surface area (Å²) in [6, 6.07) is 0. The van der Waals surface area contributed by atoms with Crippen LogP contribution in [0, 0.1) is 0 Å². The first kappa shape index (κ1) is 21.9.